The summed E-state index contributed by atoms with van der Waals surface area (Å²) in [6.45, 7) is 0.0450. The molecule has 0 spiro atoms. The molecule has 27 heteroatoms. The molecule has 1 aromatic carbocycles. The minimum Gasteiger partial charge on any atom is -0.508 e. The van der Waals surface area contributed by atoms with Gasteiger partial charge >= 0.3 is 17.9 Å². The van der Waals surface area contributed by atoms with Crippen molar-refractivity contribution in [1.29, 1.82) is 0 Å². The van der Waals surface area contributed by atoms with Crippen LogP contribution in [0.1, 0.15) is 51.4 Å². The lowest BCUT2D eigenvalue weighted by atomic mass is 10.3. The van der Waals surface area contributed by atoms with Crippen LogP contribution < -0.4 is 5.32 Å². The lowest BCUT2D eigenvalue weighted by Crippen LogP contribution is -2.32. The van der Waals surface area contributed by atoms with Gasteiger partial charge in [0.2, 0.25) is 5.91 Å². The van der Waals surface area contributed by atoms with Gasteiger partial charge < -0.3 is 25.2 Å². The number of benzene rings is 1. The number of nitrogens with zero attached hydrogens (tertiary/aromatic N) is 14. The number of amides is 5. The minimum absolute atomic E-state index is 0.0336. The fraction of sp³-hybridized carbons (Fsp3) is 0.462. The summed E-state index contributed by atoms with van der Waals surface area (Å²) in [5.41, 5.74) is 32.1. The molecule has 0 radical (unpaired) electrons. The second-order valence-electron chi connectivity index (χ2n) is 9.40. The molecular weight excluding hydrogens is 714 g/mol. The van der Waals surface area contributed by atoms with E-state index in [1.165, 1.54) is 12.1 Å². The van der Waals surface area contributed by atoms with Crippen molar-refractivity contribution in [3.8, 4) is 5.75 Å². The standard InChI is InChI=1S/C9H10N4O2.2C7H8N4O4.C3H5N3O2/c10-13-11-6-5-9(15)12-7-1-3-8(14)4-2-7;2*8-10-9-4-3-7(14)15-11-5(12)1-2-6(11)13;4-6-5-2-1-3(7)8/h1-4,14H,5-6H2,(H,12,15);2*1-4H2;1-2H2,(H,7,8). The van der Waals surface area contributed by atoms with E-state index < -0.39 is 41.5 Å². The number of rotatable bonds is 15. The van der Waals surface area contributed by atoms with Gasteiger partial charge in [0.25, 0.3) is 23.6 Å². The number of carbonyl (C=O) groups excluding carboxylic acids is 7. The zero-order chi connectivity index (χ0) is 40.0. The van der Waals surface area contributed by atoms with Gasteiger partial charge in [0.05, 0.1) is 19.3 Å². The van der Waals surface area contributed by atoms with Crippen LogP contribution >= 0.6 is 0 Å². The van der Waals surface area contributed by atoms with E-state index >= 15 is 0 Å². The van der Waals surface area contributed by atoms with E-state index in [1.807, 2.05) is 0 Å². The normalized spacial score (nSPS) is 12.2. The first-order chi connectivity index (χ1) is 25.3. The Labute approximate surface area is 296 Å². The monoisotopic (exact) mass is 745 g/mol. The van der Waals surface area contributed by atoms with Gasteiger partial charge in [0, 0.05) is 83.6 Å². The Hall–Kier alpha value is -7.58. The Balaban J connectivity index is 0.000000697. The Morgan fingerprint density at radius 3 is 1.30 bits per heavy atom. The number of nitrogens with one attached hydrogen (secondary N) is 1. The van der Waals surface area contributed by atoms with Crippen LogP contribution in [0.4, 0.5) is 5.69 Å². The molecule has 3 rings (SSSR count). The fourth-order valence-electron chi connectivity index (χ4n) is 3.14. The molecule has 0 unspecified atom stereocenters. The molecule has 3 N–H and O–H groups in total. The third kappa shape index (κ3) is 21.9. The van der Waals surface area contributed by atoms with Crippen LogP contribution in [0.3, 0.4) is 0 Å². The van der Waals surface area contributed by atoms with Crippen LogP contribution in [-0.2, 0) is 48.0 Å². The molecule has 27 nitrogen and oxygen atoms in total. The fourth-order valence-corrected chi connectivity index (χ4v) is 3.14. The van der Waals surface area contributed by atoms with Crippen molar-refractivity contribution in [2.75, 3.05) is 31.5 Å². The number of carboxylic acid groups (broad SMARTS) is 1. The van der Waals surface area contributed by atoms with Crippen LogP contribution in [0.25, 0.3) is 41.8 Å². The Bertz CT molecular complexity index is 1580. The topological polar surface area (TPSA) is 409 Å². The highest BCUT2D eigenvalue weighted by Gasteiger charge is 2.33. The van der Waals surface area contributed by atoms with Gasteiger partial charge in [-0.05, 0) is 46.4 Å². The Kier molecular flexibility index (Phi) is 23.4. The summed E-state index contributed by atoms with van der Waals surface area (Å²) < 4.78 is 0. The van der Waals surface area contributed by atoms with Gasteiger partial charge in [-0.2, -0.15) is 0 Å². The molecule has 53 heavy (non-hydrogen) atoms. The largest absolute Gasteiger partial charge is 0.508 e. The first-order valence-corrected chi connectivity index (χ1v) is 14.8. The van der Waals surface area contributed by atoms with Crippen molar-refractivity contribution >= 4 is 53.1 Å². The molecule has 2 saturated heterocycles. The highest BCUT2D eigenvalue weighted by atomic mass is 16.7. The molecule has 0 bridgehead atoms. The number of hydrogen-bond acceptors (Lipinski definition) is 15. The van der Waals surface area contributed by atoms with Gasteiger partial charge in [-0.1, -0.05) is 20.5 Å². The summed E-state index contributed by atoms with van der Waals surface area (Å²) in [5.74, 6) is -4.70. The second kappa shape index (κ2) is 27.3. The van der Waals surface area contributed by atoms with E-state index in [9.17, 15) is 38.4 Å². The van der Waals surface area contributed by atoms with Gasteiger partial charge in [0.15, 0.2) is 0 Å². The van der Waals surface area contributed by atoms with Crippen molar-refractivity contribution < 1.29 is 58.2 Å². The van der Waals surface area contributed by atoms with E-state index in [4.69, 9.17) is 32.3 Å². The molecule has 2 heterocycles. The first kappa shape index (κ1) is 45.4. The predicted octanol–water partition coefficient (Wildman–Crippen LogP) is 3.39. The first-order valence-electron chi connectivity index (χ1n) is 14.8. The van der Waals surface area contributed by atoms with Gasteiger partial charge in [0.1, 0.15) is 5.75 Å². The van der Waals surface area contributed by atoms with Crippen molar-refractivity contribution in [1.82, 2.24) is 10.1 Å². The number of aromatic hydroxyl groups is 1. The summed E-state index contributed by atoms with van der Waals surface area (Å²) in [6, 6.07) is 6.12. The summed E-state index contributed by atoms with van der Waals surface area (Å²) in [7, 11) is 0. The van der Waals surface area contributed by atoms with E-state index in [0.717, 1.165) is 0 Å². The summed E-state index contributed by atoms with van der Waals surface area (Å²) in [6.07, 6.45) is -0.0485. The number of aliphatic carboxylic acids is 1. The Morgan fingerprint density at radius 2 is 0.962 bits per heavy atom. The van der Waals surface area contributed by atoms with Gasteiger partial charge in [-0.25, -0.2) is 9.59 Å². The van der Waals surface area contributed by atoms with Crippen molar-refractivity contribution in [2.24, 2.45) is 20.5 Å². The number of azide groups is 4. The van der Waals surface area contributed by atoms with Gasteiger partial charge in [-0.3, -0.25) is 28.8 Å². The van der Waals surface area contributed by atoms with Crippen molar-refractivity contribution in [3.05, 3.63) is 66.0 Å². The SMILES string of the molecule is [N-]=[N+]=NCCC(=O)Nc1ccc(O)cc1.[N-]=[N+]=NCCC(=O)O.[N-]=[N+]=NCCC(=O)ON1C(=O)CCC1=O.[N-]=[N+]=NCCC(=O)ON1C(=O)CCC1=O. The molecule has 2 fully saturated rings. The average Bonchev–Trinajstić information content (AvgIpc) is 3.61. The molecular formula is C26H31N15O12. The van der Waals surface area contributed by atoms with Crippen LogP contribution in [0.5, 0.6) is 5.75 Å². The van der Waals surface area contributed by atoms with Gasteiger partial charge in [-0.15, -0.1) is 10.1 Å². The van der Waals surface area contributed by atoms with Crippen LogP contribution in [0, 0.1) is 0 Å². The van der Waals surface area contributed by atoms with Crippen LogP contribution in [0.2, 0.25) is 0 Å². The zero-order valence-electron chi connectivity index (χ0n) is 27.5. The number of imide groups is 2. The number of anilines is 1. The third-order valence-electron chi connectivity index (χ3n) is 5.50. The van der Waals surface area contributed by atoms with E-state index in [-0.39, 0.29) is 89.2 Å². The highest BCUT2D eigenvalue weighted by molar-refractivity contribution is 6.02. The van der Waals surface area contributed by atoms with Crippen LogP contribution in [0.15, 0.2) is 44.7 Å². The summed E-state index contributed by atoms with van der Waals surface area (Å²) in [5, 5.41) is 33.0. The maximum absolute atomic E-state index is 11.2. The van der Waals surface area contributed by atoms with Crippen molar-refractivity contribution in [3.63, 3.8) is 0 Å². The number of phenols is 1. The zero-order valence-corrected chi connectivity index (χ0v) is 27.5. The number of hydroxylamine groups is 4. The molecule has 2 aliphatic rings. The predicted molar refractivity (Wildman–Crippen MR) is 173 cm³/mol. The lowest BCUT2D eigenvalue weighted by molar-refractivity contribution is -0.197. The average molecular weight is 746 g/mol. The third-order valence-corrected chi connectivity index (χ3v) is 5.50. The lowest BCUT2D eigenvalue weighted by Gasteiger charge is -2.11. The molecule has 0 saturated carbocycles. The number of carboxylic acids is 1. The summed E-state index contributed by atoms with van der Waals surface area (Å²) >= 11 is 0. The molecule has 0 atom stereocenters. The number of hydrogen-bond donors (Lipinski definition) is 3. The smallest absolute Gasteiger partial charge is 0.333 e. The molecule has 0 aromatic heterocycles. The molecule has 2 aliphatic heterocycles. The van der Waals surface area contributed by atoms with E-state index in [0.29, 0.717) is 15.8 Å². The second-order valence-corrected chi connectivity index (χ2v) is 9.40. The van der Waals surface area contributed by atoms with Crippen molar-refractivity contribution in [2.45, 2.75) is 51.4 Å². The Morgan fingerprint density at radius 1 is 0.623 bits per heavy atom. The quantitative estimate of drug-likeness (QED) is 0.0764. The summed E-state index contributed by atoms with van der Waals surface area (Å²) in [4.78, 5) is 106. The molecule has 0 aliphatic carbocycles. The minimum atomic E-state index is -0.947. The van der Waals surface area contributed by atoms with E-state index in [2.05, 4.69) is 55.1 Å². The maximum Gasteiger partial charge on any atom is 0.333 e. The molecule has 282 valence electrons. The molecule has 5 amide bonds. The number of phenolic OH excluding ortho intramolecular Hbond substituents is 1. The highest BCUT2D eigenvalue weighted by Crippen LogP contribution is 2.15. The molecule has 1 aromatic rings. The van der Waals surface area contributed by atoms with Crippen LogP contribution in [-0.4, -0.2) is 94.0 Å². The number of carbonyl (C=O) groups is 8. The van der Waals surface area contributed by atoms with E-state index in [1.54, 1.807) is 12.1 Å². The maximum atomic E-state index is 11.2.